The molecule has 0 aliphatic rings. The van der Waals surface area contributed by atoms with Crippen molar-refractivity contribution in [2.45, 2.75) is 45.4 Å². The monoisotopic (exact) mass is 237 g/mol. The molecule has 17 heavy (non-hydrogen) atoms. The molecule has 97 valence electrons. The van der Waals surface area contributed by atoms with Gasteiger partial charge in [-0.25, -0.2) is 0 Å². The smallest absolute Gasteiger partial charge is 0.305 e. The lowest BCUT2D eigenvalue weighted by atomic mass is 10.1. The first-order chi connectivity index (χ1) is 8.16. The van der Waals surface area contributed by atoms with Crippen LogP contribution in [0.15, 0.2) is 24.8 Å². The van der Waals surface area contributed by atoms with E-state index in [-0.39, 0.29) is 5.97 Å². The van der Waals surface area contributed by atoms with Gasteiger partial charge in [0.2, 0.25) is 0 Å². The van der Waals surface area contributed by atoms with Crippen LogP contribution in [0.4, 0.5) is 0 Å². The molecule has 0 aliphatic heterocycles. The summed E-state index contributed by atoms with van der Waals surface area (Å²) in [5, 5.41) is 0. The Morgan fingerprint density at radius 1 is 1.35 bits per heavy atom. The molecular weight excluding hydrogens is 212 g/mol. The molecule has 0 aromatic heterocycles. The van der Waals surface area contributed by atoms with E-state index in [4.69, 9.17) is 4.74 Å². The number of esters is 1. The summed E-state index contributed by atoms with van der Waals surface area (Å²) in [5.74, 6) is 0.270. The van der Waals surface area contributed by atoms with Gasteiger partial charge >= 0.3 is 5.97 Å². The zero-order valence-corrected chi connectivity index (χ0v) is 11.0. The SMILES string of the molecule is [CH2]C(C)CCOC(=O)CCCCC/C=C/C=C. The van der Waals surface area contributed by atoms with Crippen molar-refractivity contribution >= 4 is 5.97 Å². The molecular formula is C15H25O2. The van der Waals surface area contributed by atoms with Crippen molar-refractivity contribution in [3.05, 3.63) is 31.7 Å². The third-order valence-corrected chi connectivity index (χ3v) is 2.40. The van der Waals surface area contributed by atoms with Gasteiger partial charge in [-0.05, 0) is 31.6 Å². The fraction of sp³-hybridized carbons (Fsp3) is 0.600. The third kappa shape index (κ3) is 12.9. The van der Waals surface area contributed by atoms with Crippen LogP contribution in [0.25, 0.3) is 0 Å². The van der Waals surface area contributed by atoms with E-state index in [1.807, 2.05) is 13.0 Å². The van der Waals surface area contributed by atoms with Gasteiger partial charge in [-0.1, -0.05) is 45.1 Å². The summed E-state index contributed by atoms with van der Waals surface area (Å²) in [6.07, 6.45) is 11.4. The van der Waals surface area contributed by atoms with Crippen LogP contribution >= 0.6 is 0 Å². The van der Waals surface area contributed by atoms with Crippen LogP contribution in [0.2, 0.25) is 0 Å². The molecule has 2 nitrogen and oxygen atoms in total. The predicted octanol–water partition coefficient (Wildman–Crippen LogP) is 4.08. The highest BCUT2D eigenvalue weighted by Crippen LogP contribution is 2.06. The summed E-state index contributed by atoms with van der Waals surface area (Å²) in [6, 6.07) is 0. The van der Waals surface area contributed by atoms with Crippen molar-refractivity contribution in [3.8, 4) is 0 Å². The van der Waals surface area contributed by atoms with E-state index in [0.717, 1.165) is 32.1 Å². The lowest BCUT2D eigenvalue weighted by Gasteiger charge is -2.06. The normalized spacial score (nSPS) is 11.0. The van der Waals surface area contributed by atoms with Crippen molar-refractivity contribution in [1.82, 2.24) is 0 Å². The van der Waals surface area contributed by atoms with Gasteiger partial charge in [-0.15, -0.1) is 0 Å². The molecule has 0 aromatic rings. The molecule has 0 aliphatic carbocycles. The van der Waals surface area contributed by atoms with Crippen molar-refractivity contribution in [2.75, 3.05) is 6.61 Å². The van der Waals surface area contributed by atoms with E-state index in [9.17, 15) is 4.79 Å². The van der Waals surface area contributed by atoms with Crippen LogP contribution in [0.1, 0.15) is 45.4 Å². The molecule has 0 bridgehead atoms. The van der Waals surface area contributed by atoms with E-state index in [2.05, 4.69) is 19.6 Å². The molecule has 0 aromatic carbocycles. The predicted molar refractivity (Wildman–Crippen MR) is 72.5 cm³/mol. The molecule has 1 radical (unpaired) electrons. The zero-order chi connectivity index (χ0) is 12.9. The second kappa shape index (κ2) is 11.4. The summed E-state index contributed by atoms with van der Waals surface area (Å²) in [4.78, 5) is 11.3. The van der Waals surface area contributed by atoms with Crippen molar-refractivity contribution in [2.24, 2.45) is 5.92 Å². The highest BCUT2D eigenvalue weighted by atomic mass is 16.5. The number of carbonyl (C=O) groups excluding carboxylic acids is 1. The number of allylic oxidation sites excluding steroid dienone is 3. The maximum absolute atomic E-state index is 11.3. The number of ether oxygens (including phenoxy) is 1. The lowest BCUT2D eigenvalue weighted by Crippen LogP contribution is -2.07. The Morgan fingerprint density at radius 2 is 2.12 bits per heavy atom. The Kier molecular flexibility index (Phi) is 10.7. The van der Waals surface area contributed by atoms with Crippen LogP contribution in [-0.2, 0) is 9.53 Å². The summed E-state index contributed by atoms with van der Waals surface area (Å²) >= 11 is 0. The number of hydrogen-bond acceptors (Lipinski definition) is 2. The van der Waals surface area contributed by atoms with E-state index in [1.54, 1.807) is 6.08 Å². The van der Waals surface area contributed by atoms with Gasteiger partial charge in [0.1, 0.15) is 0 Å². The van der Waals surface area contributed by atoms with E-state index >= 15 is 0 Å². The fourth-order valence-corrected chi connectivity index (χ4v) is 1.35. The minimum absolute atomic E-state index is 0.0766. The van der Waals surface area contributed by atoms with Crippen LogP contribution in [0.5, 0.6) is 0 Å². The Morgan fingerprint density at radius 3 is 2.76 bits per heavy atom. The maximum Gasteiger partial charge on any atom is 0.305 e. The summed E-state index contributed by atoms with van der Waals surface area (Å²) in [7, 11) is 0. The Hall–Kier alpha value is -1.05. The molecule has 0 fully saturated rings. The summed E-state index contributed by atoms with van der Waals surface area (Å²) in [6.45, 7) is 9.97. The Bertz CT molecular complexity index is 229. The standard InChI is InChI=1S/C15H25O2/c1-4-5-6-7-8-9-10-11-15(16)17-13-12-14(2)3/h4-6,14H,1-2,7-13H2,3H3/b6-5+. The number of carbonyl (C=O) groups is 1. The van der Waals surface area contributed by atoms with Gasteiger partial charge in [0, 0.05) is 6.42 Å². The van der Waals surface area contributed by atoms with Crippen LogP contribution in [0, 0.1) is 12.8 Å². The third-order valence-electron chi connectivity index (χ3n) is 2.40. The average molecular weight is 237 g/mol. The largest absolute Gasteiger partial charge is 0.466 e. The number of rotatable bonds is 10. The number of unbranched alkanes of at least 4 members (excludes halogenated alkanes) is 3. The number of hydrogen-bond donors (Lipinski definition) is 0. The quantitative estimate of drug-likeness (QED) is 0.325. The zero-order valence-electron chi connectivity index (χ0n) is 11.0. The van der Waals surface area contributed by atoms with Gasteiger partial charge < -0.3 is 4.74 Å². The molecule has 0 spiro atoms. The van der Waals surface area contributed by atoms with E-state index in [1.165, 1.54) is 0 Å². The van der Waals surface area contributed by atoms with Gasteiger partial charge in [-0.2, -0.15) is 0 Å². The second-order valence-corrected chi connectivity index (χ2v) is 4.38. The summed E-state index contributed by atoms with van der Waals surface area (Å²) in [5.41, 5.74) is 0. The fourth-order valence-electron chi connectivity index (χ4n) is 1.35. The van der Waals surface area contributed by atoms with Gasteiger partial charge in [-0.3, -0.25) is 4.79 Å². The molecule has 0 amide bonds. The minimum atomic E-state index is -0.0766. The minimum Gasteiger partial charge on any atom is -0.466 e. The molecule has 1 unspecified atom stereocenters. The van der Waals surface area contributed by atoms with Crippen molar-refractivity contribution in [1.29, 1.82) is 0 Å². The van der Waals surface area contributed by atoms with E-state index < -0.39 is 0 Å². The first-order valence-electron chi connectivity index (χ1n) is 6.43. The molecule has 0 N–H and O–H groups in total. The first kappa shape index (κ1) is 16.0. The highest BCUT2D eigenvalue weighted by molar-refractivity contribution is 5.69. The average Bonchev–Trinajstić information content (AvgIpc) is 2.27. The van der Waals surface area contributed by atoms with Crippen LogP contribution < -0.4 is 0 Å². The van der Waals surface area contributed by atoms with Gasteiger partial charge in [0.25, 0.3) is 0 Å². The molecule has 0 saturated carbocycles. The first-order valence-corrected chi connectivity index (χ1v) is 6.43. The molecule has 2 heteroatoms. The molecule has 0 rings (SSSR count). The van der Waals surface area contributed by atoms with Crippen molar-refractivity contribution < 1.29 is 9.53 Å². The molecule has 1 atom stereocenters. The lowest BCUT2D eigenvalue weighted by molar-refractivity contribution is -0.144. The highest BCUT2D eigenvalue weighted by Gasteiger charge is 2.02. The van der Waals surface area contributed by atoms with Gasteiger partial charge in [0.15, 0.2) is 0 Å². The van der Waals surface area contributed by atoms with Crippen molar-refractivity contribution in [3.63, 3.8) is 0 Å². The van der Waals surface area contributed by atoms with Crippen LogP contribution in [-0.4, -0.2) is 12.6 Å². The second-order valence-electron chi connectivity index (χ2n) is 4.38. The Balaban J connectivity index is 3.27. The molecule has 0 saturated heterocycles. The van der Waals surface area contributed by atoms with Gasteiger partial charge in [0.05, 0.1) is 6.61 Å². The topological polar surface area (TPSA) is 26.3 Å². The summed E-state index contributed by atoms with van der Waals surface area (Å²) < 4.78 is 5.09. The maximum atomic E-state index is 11.3. The Labute approximate surface area is 106 Å². The van der Waals surface area contributed by atoms with Crippen LogP contribution in [0.3, 0.4) is 0 Å². The molecule has 0 heterocycles. The van der Waals surface area contributed by atoms with E-state index in [0.29, 0.717) is 18.9 Å².